The van der Waals surface area contributed by atoms with E-state index in [1.165, 1.54) is 0 Å². The molecule has 0 saturated carbocycles. The number of hydrogen-bond donors (Lipinski definition) is 0. The summed E-state index contributed by atoms with van der Waals surface area (Å²) in [4.78, 5) is 12.6. The highest BCUT2D eigenvalue weighted by atomic mass is 31.2. The molecule has 0 aromatic heterocycles. The third kappa shape index (κ3) is 7.19. The van der Waals surface area contributed by atoms with E-state index in [2.05, 4.69) is 62.7 Å². The number of ether oxygens (including phenoxy) is 3. The van der Waals surface area contributed by atoms with Gasteiger partial charge in [-0.15, -0.1) is 0 Å². The highest BCUT2D eigenvalue weighted by Crippen LogP contribution is 2.49. The van der Waals surface area contributed by atoms with Crippen molar-refractivity contribution in [2.24, 2.45) is 0 Å². The van der Waals surface area contributed by atoms with Gasteiger partial charge in [-0.2, -0.15) is 5.26 Å². The molecule has 8 nitrogen and oxygen atoms in total. The van der Waals surface area contributed by atoms with Gasteiger partial charge in [-0.3, -0.25) is 0 Å². The third-order valence-corrected chi connectivity index (χ3v) is 8.97. The molecule has 4 rings (SSSR count). The summed E-state index contributed by atoms with van der Waals surface area (Å²) < 4.78 is 31.4. The Bertz CT molecular complexity index is 1110. The van der Waals surface area contributed by atoms with E-state index >= 15 is 0 Å². The lowest BCUT2D eigenvalue weighted by Crippen LogP contribution is -2.37. The molecule has 39 heavy (non-hydrogen) atoms. The summed E-state index contributed by atoms with van der Waals surface area (Å²) >= 11 is 0. The SMILES string of the molecule is [B][C@H]1C[C@@H](OP(OCCC#N)N(C(C)C)C(C)C)[C@@H](COC(=O)OCC2c3ccccc3-c3ccccc32)O1. The predicted molar refractivity (Wildman–Crippen MR) is 150 cm³/mol. The Labute approximate surface area is 233 Å². The molecule has 1 aliphatic carbocycles. The summed E-state index contributed by atoms with van der Waals surface area (Å²) in [5.74, 6) is -0.0515. The molecule has 206 valence electrons. The Morgan fingerprint density at radius 3 is 2.23 bits per heavy atom. The van der Waals surface area contributed by atoms with Crippen LogP contribution in [0.5, 0.6) is 0 Å². The molecule has 2 radical (unpaired) electrons. The molecule has 10 heteroatoms. The van der Waals surface area contributed by atoms with Crippen LogP contribution in [0.15, 0.2) is 48.5 Å². The molecular formula is C29H36BN2O6P. The first-order chi connectivity index (χ1) is 18.8. The van der Waals surface area contributed by atoms with Crippen LogP contribution in [0.1, 0.15) is 57.6 Å². The molecule has 1 fully saturated rings. The molecule has 0 spiro atoms. The Balaban J connectivity index is 1.35. The lowest BCUT2D eigenvalue weighted by atomic mass is 9.96. The van der Waals surface area contributed by atoms with E-state index in [0.29, 0.717) is 6.42 Å². The van der Waals surface area contributed by atoms with Gasteiger partial charge in [-0.1, -0.05) is 48.5 Å². The molecule has 1 heterocycles. The lowest BCUT2D eigenvalue weighted by molar-refractivity contribution is -0.0259. The van der Waals surface area contributed by atoms with Crippen molar-refractivity contribution in [2.45, 2.75) is 76.7 Å². The van der Waals surface area contributed by atoms with Crippen LogP contribution in [0.2, 0.25) is 0 Å². The van der Waals surface area contributed by atoms with Crippen molar-refractivity contribution >= 4 is 22.5 Å². The quantitative estimate of drug-likeness (QED) is 0.140. The fraction of sp³-hybridized carbons (Fsp3) is 0.517. The van der Waals surface area contributed by atoms with E-state index in [1.54, 1.807) is 0 Å². The van der Waals surface area contributed by atoms with Gasteiger partial charge in [0.05, 0.1) is 25.2 Å². The molecular weight excluding hydrogens is 514 g/mol. The van der Waals surface area contributed by atoms with Crippen LogP contribution in [-0.4, -0.2) is 68.8 Å². The molecule has 0 N–H and O–H groups in total. The smallest absolute Gasteiger partial charge is 0.433 e. The van der Waals surface area contributed by atoms with Crippen molar-refractivity contribution in [1.29, 1.82) is 5.26 Å². The maximum Gasteiger partial charge on any atom is 0.508 e. The third-order valence-electron chi connectivity index (χ3n) is 6.81. The van der Waals surface area contributed by atoms with E-state index in [4.69, 9.17) is 36.4 Å². The lowest BCUT2D eigenvalue weighted by Gasteiger charge is -2.37. The van der Waals surface area contributed by atoms with Gasteiger partial charge in [0.1, 0.15) is 27.2 Å². The number of carbonyl (C=O) groups excluding carboxylic acids is 1. The van der Waals surface area contributed by atoms with Crippen molar-refractivity contribution in [2.75, 3.05) is 19.8 Å². The minimum Gasteiger partial charge on any atom is -0.433 e. The first kappa shape index (κ1) is 29.5. The Kier molecular flexibility index (Phi) is 10.4. The first-order valence-corrected chi connectivity index (χ1v) is 14.6. The van der Waals surface area contributed by atoms with Gasteiger partial charge in [0.25, 0.3) is 8.53 Å². The maximum atomic E-state index is 12.6. The second kappa shape index (κ2) is 13.7. The van der Waals surface area contributed by atoms with Crippen LogP contribution in [0.3, 0.4) is 0 Å². The first-order valence-electron chi connectivity index (χ1n) is 13.4. The number of hydrogen-bond acceptors (Lipinski definition) is 8. The standard InChI is InChI=1S/C29H36BN2O6P/c1-19(2)32(20(3)4)39(36-15-9-14-31)38-26-16-28(30)37-27(26)18-35-29(33)34-17-25-23-12-7-5-10-21(23)22-11-6-8-13-24(22)25/h5-8,10-13,19-20,25-28H,9,15-18H2,1-4H3/t26-,27-,28-,39?/m1/s1. The van der Waals surface area contributed by atoms with E-state index in [-0.39, 0.29) is 44.2 Å². The van der Waals surface area contributed by atoms with Gasteiger partial charge in [-0.05, 0) is 56.4 Å². The van der Waals surface area contributed by atoms with Gasteiger partial charge < -0.3 is 23.3 Å². The predicted octanol–water partition coefficient (Wildman–Crippen LogP) is 5.90. The van der Waals surface area contributed by atoms with Crippen molar-refractivity contribution < 1.29 is 28.1 Å². The second-order valence-electron chi connectivity index (χ2n) is 10.2. The molecule has 0 bridgehead atoms. The normalized spacial score (nSPS) is 21.1. The van der Waals surface area contributed by atoms with Crippen LogP contribution in [0, 0.1) is 11.3 Å². The van der Waals surface area contributed by atoms with Gasteiger partial charge >= 0.3 is 6.16 Å². The summed E-state index contributed by atoms with van der Waals surface area (Å²) in [6, 6.07) is 18.2. The molecule has 1 aliphatic heterocycles. The molecule has 1 unspecified atom stereocenters. The zero-order chi connectivity index (χ0) is 27.9. The summed E-state index contributed by atoms with van der Waals surface area (Å²) in [6.07, 6.45) is -1.07. The van der Waals surface area contributed by atoms with Crippen LogP contribution in [-0.2, 0) is 23.3 Å². The van der Waals surface area contributed by atoms with Crippen molar-refractivity contribution in [3.63, 3.8) is 0 Å². The average molecular weight is 550 g/mol. The summed E-state index contributed by atoms with van der Waals surface area (Å²) in [5, 5.41) is 8.95. The number of nitriles is 1. The minimum atomic E-state index is -1.48. The Morgan fingerprint density at radius 1 is 1.05 bits per heavy atom. The van der Waals surface area contributed by atoms with Gasteiger partial charge in [0, 0.05) is 24.0 Å². The fourth-order valence-corrected chi connectivity index (χ4v) is 6.96. The summed E-state index contributed by atoms with van der Waals surface area (Å²) in [5.41, 5.74) is 4.59. The zero-order valence-electron chi connectivity index (χ0n) is 23.0. The number of fused-ring (bicyclic) bond motifs is 3. The van der Waals surface area contributed by atoms with Gasteiger partial charge in [0.15, 0.2) is 0 Å². The monoisotopic (exact) mass is 550 g/mol. The van der Waals surface area contributed by atoms with E-state index in [9.17, 15) is 4.79 Å². The largest absolute Gasteiger partial charge is 0.508 e. The van der Waals surface area contributed by atoms with Crippen molar-refractivity contribution in [3.8, 4) is 17.2 Å². The minimum absolute atomic E-state index is 0.0515. The van der Waals surface area contributed by atoms with E-state index in [1.807, 2.05) is 24.3 Å². The van der Waals surface area contributed by atoms with Crippen molar-refractivity contribution in [3.05, 3.63) is 59.7 Å². The maximum absolute atomic E-state index is 12.6. The average Bonchev–Trinajstić information content (AvgIpc) is 3.42. The number of rotatable bonds is 12. The van der Waals surface area contributed by atoms with Gasteiger partial charge in [-0.25, -0.2) is 9.46 Å². The number of benzene rings is 2. The zero-order valence-corrected chi connectivity index (χ0v) is 23.9. The number of carbonyl (C=O) groups is 1. The summed E-state index contributed by atoms with van der Waals surface area (Å²) in [6.45, 7) is 8.66. The topological polar surface area (TPSA) is 90.2 Å². The highest BCUT2D eigenvalue weighted by molar-refractivity contribution is 7.44. The molecule has 0 amide bonds. The van der Waals surface area contributed by atoms with Crippen molar-refractivity contribution in [1.82, 2.24) is 4.67 Å². The van der Waals surface area contributed by atoms with E-state index < -0.39 is 32.9 Å². The number of nitrogens with zero attached hydrogens (tertiary/aromatic N) is 2. The molecule has 1 saturated heterocycles. The molecule has 2 aliphatic rings. The second-order valence-corrected chi connectivity index (χ2v) is 11.6. The molecule has 2 aromatic carbocycles. The Hall–Kier alpha value is -2.47. The van der Waals surface area contributed by atoms with Gasteiger partial charge in [0.2, 0.25) is 0 Å². The van der Waals surface area contributed by atoms with Crippen LogP contribution in [0.4, 0.5) is 4.79 Å². The highest BCUT2D eigenvalue weighted by Gasteiger charge is 2.39. The van der Waals surface area contributed by atoms with Crippen LogP contribution >= 0.6 is 8.53 Å². The Morgan fingerprint density at radius 2 is 1.64 bits per heavy atom. The fourth-order valence-electron chi connectivity index (χ4n) is 5.20. The summed E-state index contributed by atoms with van der Waals surface area (Å²) in [7, 11) is 4.60. The van der Waals surface area contributed by atoms with E-state index in [0.717, 1.165) is 22.3 Å². The molecule has 4 atom stereocenters. The molecule has 2 aromatic rings. The van der Waals surface area contributed by atoms with Crippen LogP contribution in [0.25, 0.3) is 11.1 Å². The van der Waals surface area contributed by atoms with Crippen LogP contribution < -0.4 is 0 Å².